The fraction of sp³-hybridized carbons (Fsp3) is 0.167. The maximum absolute atomic E-state index is 13.0. The summed E-state index contributed by atoms with van der Waals surface area (Å²) in [5.41, 5.74) is 1.53. The Kier molecular flexibility index (Phi) is 6.24. The van der Waals surface area contributed by atoms with Crippen LogP contribution < -0.4 is 10.6 Å². The Hall–Kier alpha value is -2.53. The first kappa shape index (κ1) is 21.7. The molecule has 1 saturated heterocycles. The second-order valence-electron chi connectivity index (χ2n) is 7.47. The van der Waals surface area contributed by atoms with E-state index >= 15 is 0 Å². The molecule has 0 radical (unpaired) electrons. The summed E-state index contributed by atoms with van der Waals surface area (Å²) in [6.45, 7) is 0. The van der Waals surface area contributed by atoms with E-state index in [9.17, 15) is 9.59 Å². The highest BCUT2D eigenvalue weighted by molar-refractivity contribution is 6.31. The largest absolute Gasteiger partial charge is 0.348 e. The molecule has 31 heavy (non-hydrogen) atoms. The lowest BCUT2D eigenvalue weighted by molar-refractivity contribution is -0.130. The van der Waals surface area contributed by atoms with Gasteiger partial charge in [-0.1, -0.05) is 71.2 Å². The van der Waals surface area contributed by atoms with Gasteiger partial charge in [0.15, 0.2) is 0 Å². The normalized spacial score (nSPS) is 21.6. The highest BCUT2D eigenvalue weighted by atomic mass is 35.5. The Balaban J connectivity index is 0.000000282. The molecule has 158 valence electrons. The van der Waals surface area contributed by atoms with E-state index in [1.807, 2.05) is 48.5 Å². The van der Waals surface area contributed by atoms with Crippen LogP contribution in [0.2, 0.25) is 15.1 Å². The highest BCUT2D eigenvalue weighted by Crippen LogP contribution is 2.51. The number of rotatable bonds is 1. The number of hydrogen-bond donors (Lipinski definition) is 2. The van der Waals surface area contributed by atoms with Crippen LogP contribution in [-0.4, -0.2) is 11.8 Å². The summed E-state index contributed by atoms with van der Waals surface area (Å²) in [7, 11) is 0. The van der Waals surface area contributed by atoms with Gasteiger partial charge in [-0.2, -0.15) is 0 Å². The number of anilines is 1. The third-order valence-corrected chi connectivity index (χ3v) is 6.30. The third kappa shape index (κ3) is 4.29. The number of nitrogens with one attached hydrogen (secondary N) is 2. The molecule has 0 aliphatic carbocycles. The summed E-state index contributed by atoms with van der Waals surface area (Å²) in [5, 5.41) is 7.83. The molecular weight excluding hydrogens is 455 g/mol. The molecule has 7 heteroatoms. The molecule has 1 spiro atoms. The van der Waals surface area contributed by atoms with Crippen molar-refractivity contribution in [3.8, 4) is 0 Å². The van der Waals surface area contributed by atoms with Crippen LogP contribution in [0.1, 0.15) is 30.0 Å². The van der Waals surface area contributed by atoms with Crippen molar-refractivity contribution in [1.82, 2.24) is 5.32 Å². The molecule has 2 amide bonds. The van der Waals surface area contributed by atoms with Crippen LogP contribution in [0.25, 0.3) is 0 Å². The second kappa shape index (κ2) is 8.91. The van der Waals surface area contributed by atoms with Gasteiger partial charge in [-0.15, -0.1) is 0 Å². The Morgan fingerprint density at radius 1 is 0.806 bits per heavy atom. The number of fused-ring (bicyclic) bond motifs is 2. The number of halogens is 3. The molecule has 0 bridgehead atoms. The van der Waals surface area contributed by atoms with Gasteiger partial charge in [0.05, 0.1) is 6.04 Å². The first-order valence-electron chi connectivity index (χ1n) is 9.77. The van der Waals surface area contributed by atoms with Gasteiger partial charge >= 0.3 is 0 Å². The van der Waals surface area contributed by atoms with Gasteiger partial charge in [0, 0.05) is 27.2 Å². The standard InChI is InChI=1S/C18H14Cl2N2O2.C6H5Cl/c19-11-3-1-2-10(8-11)16-18(7-6-15(23)22-16)13-5-4-12(20)9-14(13)21-17(18)24;7-6-4-2-1-3-5-6/h1-5,8-9,16H,6-7H2,(H,21,24)(H,22,23);1-5H/t16-,18-;/m1./s1. The molecule has 3 aromatic rings. The van der Waals surface area contributed by atoms with Crippen LogP contribution in [-0.2, 0) is 15.0 Å². The van der Waals surface area contributed by atoms with Gasteiger partial charge in [0.2, 0.25) is 11.8 Å². The monoisotopic (exact) mass is 472 g/mol. The molecule has 1 fully saturated rings. The minimum Gasteiger partial charge on any atom is -0.348 e. The van der Waals surface area contributed by atoms with Crippen molar-refractivity contribution in [2.45, 2.75) is 24.3 Å². The lowest BCUT2D eigenvalue weighted by Gasteiger charge is -2.40. The van der Waals surface area contributed by atoms with Gasteiger partial charge in [-0.3, -0.25) is 9.59 Å². The molecule has 2 atom stereocenters. The van der Waals surface area contributed by atoms with Gasteiger partial charge in [-0.25, -0.2) is 0 Å². The summed E-state index contributed by atoms with van der Waals surface area (Å²) < 4.78 is 0. The van der Waals surface area contributed by atoms with Crippen molar-refractivity contribution in [2.24, 2.45) is 0 Å². The van der Waals surface area contributed by atoms with Crippen molar-refractivity contribution in [3.05, 3.63) is 99.0 Å². The maximum Gasteiger partial charge on any atom is 0.237 e. The van der Waals surface area contributed by atoms with Crippen LogP contribution >= 0.6 is 34.8 Å². The SMILES string of the molecule is Clc1ccccc1.O=C1CC[C@]2(C(=O)Nc3cc(Cl)ccc32)[C@@H](c2cccc(Cl)c2)N1. The molecule has 2 heterocycles. The Bertz CT molecular complexity index is 1140. The van der Waals surface area contributed by atoms with E-state index in [-0.39, 0.29) is 11.8 Å². The van der Waals surface area contributed by atoms with E-state index in [0.717, 1.165) is 16.1 Å². The van der Waals surface area contributed by atoms with Crippen molar-refractivity contribution < 1.29 is 9.59 Å². The number of carbonyl (C=O) groups excluding carboxylic acids is 2. The molecule has 2 aliphatic rings. The average Bonchev–Trinajstić information content (AvgIpc) is 3.02. The quantitative estimate of drug-likeness (QED) is 0.444. The molecular formula is C24H19Cl3N2O2. The van der Waals surface area contributed by atoms with E-state index < -0.39 is 11.5 Å². The van der Waals surface area contributed by atoms with Crippen molar-refractivity contribution in [3.63, 3.8) is 0 Å². The summed E-state index contributed by atoms with van der Waals surface area (Å²) in [6, 6.07) is 21.6. The predicted octanol–water partition coefficient (Wildman–Crippen LogP) is 6.17. The van der Waals surface area contributed by atoms with Gasteiger partial charge in [0.1, 0.15) is 5.41 Å². The van der Waals surface area contributed by atoms with Crippen molar-refractivity contribution in [1.29, 1.82) is 0 Å². The molecule has 0 aromatic heterocycles. The minimum absolute atomic E-state index is 0.0687. The first-order valence-corrected chi connectivity index (χ1v) is 10.9. The molecule has 5 rings (SSSR count). The number of hydrogen-bond acceptors (Lipinski definition) is 2. The minimum atomic E-state index is -0.849. The van der Waals surface area contributed by atoms with E-state index in [1.54, 1.807) is 24.3 Å². The first-order chi connectivity index (χ1) is 14.9. The molecule has 0 saturated carbocycles. The molecule has 0 unspecified atom stereocenters. The van der Waals surface area contributed by atoms with Gasteiger partial charge < -0.3 is 10.6 Å². The van der Waals surface area contributed by atoms with Crippen LogP contribution in [0.4, 0.5) is 5.69 Å². The highest BCUT2D eigenvalue weighted by Gasteiger charge is 2.55. The smallest absolute Gasteiger partial charge is 0.237 e. The molecule has 3 aromatic carbocycles. The topological polar surface area (TPSA) is 58.2 Å². The van der Waals surface area contributed by atoms with Crippen molar-refractivity contribution in [2.75, 3.05) is 5.32 Å². The summed E-state index contributed by atoms with van der Waals surface area (Å²) >= 11 is 17.7. The number of carbonyl (C=O) groups is 2. The van der Waals surface area contributed by atoms with E-state index in [2.05, 4.69) is 10.6 Å². The zero-order chi connectivity index (χ0) is 22.0. The Morgan fingerprint density at radius 2 is 1.52 bits per heavy atom. The number of amides is 2. The van der Waals surface area contributed by atoms with E-state index in [4.69, 9.17) is 34.8 Å². The van der Waals surface area contributed by atoms with Gasteiger partial charge in [0.25, 0.3) is 0 Å². The van der Waals surface area contributed by atoms with Crippen LogP contribution in [0.15, 0.2) is 72.8 Å². The number of piperidine rings is 1. The maximum atomic E-state index is 13.0. The average molecular weight is 474 g/mol. The summed E-state index contributed by atoms with van der Waals surface area (Å²) in [4.78, 5) is 25.0. The number of benzene rings is 3. The fourth-order valence-electron chi connectivity index (χ4n) is 4.18. The zero-order valence-corrected chi connectivity index (χ0v) is 18.6. The van der Waals surface area contributed by atoms with E-state index in [0.29, 0.717) is 28.6 Å². The molecule has 4 nitrogen and oxygen atoms in total. The third-order valence-electron chi connectivity index (χ3n) is 5.58. The molecule has 2 N–H and O–H groups in total. The fourth-order valence-corrected chi connectivity index (χ4v) is 4.70. The Labute approximate surface area is 195 Å². The second-order valence-corrected chi connectivity index (χ2v) is 8.78. The van der Waals surface area contributed by atoms with Crippen molar-refractivity contribution >= 4 is 52.3 Å². The summed E-state index contributed by atoms with van der Waals surface area (Å²) in [5.74, 6) is -0.189. The van der Waals surface area contributed by atoms with Crippen LogP contribution in [0, 0.1) is 0 Å². The van der Waals surface area contributed by atoms with Crippen LogP contribution in [0.5, 0.6) is 0 Å². The van der Waals surface area contributed by atoms with Crippen LogP contribution in [0.3, 0.4) is 0 Å². The zero-order valence-electron chi connectivity index (χ0n) is 16.4. The predicted molar refractivity (Wildman–Crippen MR) is 125 cm³/mol. The molecule has 2 aliphatic heterocycles. The lowest BCUT2D eigenvalue weighted by Crippen LogP contribution is -2.52. The van der Waals surface area contributed by atoms with Gasteiger partial charge in [-0.05, 0) is 53.9 Å². The Morgan fingerprint density at radius 3 is 2.19 bits per heavy atom. The lowest BCUT2D eigenvalue weighted by atomic mass is 9.67. The van der Waals surface area contributed by atoms with E-state index in [1.165, 1.54) is 0 Å². The summed E-state index contributed by atoms with van der Waals surface area (Å²) in [6.07, 6.45) is 0.739.